The van der Waals surface area contributed by atoms with Crippen molar-refractivity contribution in [1.29, 1.82) is 0 Å². The second-order valence-electron chi connectivity index (χ2n) is 9.14. The van der Waals surface area contributed by atoms with Gasteiger partial charge in [0.25, 0.3) is 5.91 Å². The van der Waals surface area contributed by atoms with Gasteiger partial charge in [0, 0.05) is 23.2 Å². The van der Waals surface area contributed by atoms with E-state index in [1.54, 1.807) is 11.0 Å². The molecule has 1 atom stereocenters. The van der Waals surface area contributed by atoms with Gasteiger partial charge in [0.05, 0.1) is 22.6 Å². The zero-order valence-electron chi connectivity index (χ0n) is 18.6. The Hall–Kier alpha value is -2.48. The summed E-state index contributed by atoms with van der Waals surface area (Å²) in [5, 5.41) is 0.684. The third-order valence-corrected chi connectivity index (χ3v) is 8.23. The van der Waals surface area contributed by atoms with Crippen molar-refractivity contribution in [3.63, 3.8) is 0 Å². The molecule has 1 unspecified atom stereocenters. The van der Waals surface area contributed by atoms with Crippen molar-refractivity contribution < 1.29 is 22.7 Å². The van der Waals surface area contributed by atoms with Gasteiger partial charge in [0.2, 0.25) is 0 Å². The van der Waals surface area contributed by atoms with Gasteiger partial charge in [-0.2, -0.15) is 0 Å². The summed E-state index contributed by atoms with van der Waals surface area (Å²) in [4.78, 5) is 32.5. The molecule has 7 nitrogen and oxygen atoms in total. The average molecular weight is 459 g/mol. The summed E-state index contributed by atoms with van der Waals surface area (Å²) in [5.41, 5.74) is 1.88. The van der Waals surface area contributed by atoms with Crippen LogP contribution in [0.5, 0.6) is 0 Å². The van der Waals surface area contributed by atoms with Gasteiger partial charge in [-0.1, -0.05) is 44.9 Å². The molecule has 2 heterocycles. The third-order valence-electron chi connectivity index (χ3n) is 6.48. The molecule has 32 heavy (non-hydrogen) atoms. The molecular weight excluding hydrogens is 428 g/mol. The molecule has 0 spiro atoms. The van der Waals surface area contributed by atoms with E-state index in [4.69, 9.17) is 4.74 Å². The Morgan fingerprint density at radius 2 is 1.84 bits per heavy atom. The Labute approximate surface area is 189 Å². The van der Waals surface area contributed by atoms with Crippen LogP contribution in [-0.2, 0) is 19.4 Å². The van der Waals surface area contributed by atoms with E-state index < -0.39 is 15.8 Å². The van der Waals surface area contributed by atoms with Crippen LogP contribution in [0.2, 0.25) is 0 Å². The van der Waals surface area contributed by atoms with Crippen molar-refractivity contribution in [2.75, 3.05) is 18.1 Å². The first-order valence-electron chi connectivity index (χ1n) is 11.3. The summed E-state index contributed by atoms with van der Waals surface area (Å²) in [6.45, 7) is 3.62. The largest absolute Gasteiger partial charge is 0.452 e. The summed E-state index contributed by atoms with van der Waals surface area (Å²) >= 11 is 0. The lowest BCUT2D eigenvalue weighted by molar-refractivity contribution is -0.139. The van der Waals surface area contributed by atoms with Crippen molar-refractivity contribution in [2.24, 2.45) is 0 Å². The highest BCUT2D eigenvalue weighted by molar-refractivity contribution is 7.91. The maximum atomic E-state index is 13.1. The number of hydrogen-bond donors (Lipinski definition) is 0. The molecule has 8 heteroatoms. The number of para-hydroxylation sites is 1. The number of carbonyl (C=O) groups excluding carboxylic acids is 2. The summed E-state index contributed by atoms with van der Waals surface area (Å²) in [7, 11) is -3.12. The van der Waals surface area contributed by atoms with Crippen molar-refractivity contribution in [3.8, 4) is 0 Å². The van der Waals surface area contributed by atoms with E-state index in [9.17, 15) is 18.0 Å². The highest BCUT2D eigenvalue weighted by atomic mass is 32.2. The minimum Gasteiger partial charge on any atom is -0.452 e. The van der Waals surface area contributed by atoms with E-state index in [0.717, 1.165) is 31.4 Å². The molecule has 2 aliphatic rings. The fourth-order valence-electron chi connectivity index (χ4n) is 4.82. The first-order valence-corrected chi connectivity index (χ1v) is 13.2. The number of aromatic nitrogens is 1. The molecule has 2 aromatic rings. The van der Waals surface area contributed by atoms with Crippen LogP contribution < -0.4 is 0 Å². The molecule has 2 fully saturated rings. The Morgan fingerprint density at radius 1 is 1.12 bits per heavy atom. The number of pyridine rings is 1. The highest BCUT2D eigenvalue weighted by Gasteiger charge is 2.39. The van der Waals surface area contributed by atoms with Crippen LogP contribution >= 0.6 is 0 Å². The van der Waals surface area contributed by atoms with Gasteiger partial charge in [0.15, 0.2) is 16.4 Å². The Kier molecular flexibility index (Phi) is 6.51. The summed E-state index contributed by atoms with van der Waals surface area (Å²) in [5.74, 6) is -0.640. The van der Waals surface area contributed by atoms with Crippen LogP contribution in [0.3, 0.4) is 0 Å². The van der Waals surface area contributed by atoms with Crippen molar-refractivity contribution in [3.05, 3.63) is 41.6 Å². The van der Waals surface area contributed by atoms with Crippen molar-refractivity contribution in [1.82, 2.24) is 9.88 Å². The normalized spacial score (nSPS) is 20.7. The molecule has 1 aliphatic carbocycles. The number of nitrogens with zero attached hydrogens (tertiary/aromatic N) is 2. The molecule has 1 saturated heterocycles. The van der Waals surface area contributed by atoms with Gasteiger partial charge in [-0.3, -0.25) is 9.78 Å². The van der Waals surface area contributed by atoms with Gasteiger partial charge in [0.1, 0.15) is 0 Å². The first-order chi connectivity index (χ1) is 15.2. The number of rotatable bonds is 6. The van der Waals surface area contributed by atoms with E-state index >= 15 is 0 Å². The molecule has 1 aromatic heterocycles. The summed E-state index contributed by atoms with van der Waals surface area (Å²) < 4.78 is 29.5. The number of esters is 1. The van der Waals surface area contributed by atoms with Crippen LogP contribution in [0.1, 0.15) is 67.9 Å². The second kappa shape index (κ2) is 9.17. The zero-order chi connectivity index (χ0) is 22.9. The molecule has 172 valence electrons. The number of sulfone groups is 1. The lowest BCUT2D eigenvalue weighted by Gasteiger charge is -2.33. The van der Waals surface area contributed by atoms with Gasteiger partial charge < -0.3 is 9.64 Å². The topological polar surface area (TPSA) is 93.6 Å². The first kappa shape index (κ1) is 22.7. The number of benzene rings is 1. The number of ether oxygens (including phenoxy) is 1. The lowest BCUT2D eigenvalue weighted by Crippen LogP contribution is -2.48. The lowest BCUT2D eigenvalue weighted by atomic mass is 10.0. The number of fused-ring (bicyclic) bond motifs is 1. The quantitative estimate of drug-likeness (QED) is 0.616. The molecule has 1 amide bonds. The Balaban J connectivity index is 1.53. The van der Waals surface area contributed by atoms with Crippen LogP contribution in [-0.4, -0.2) is 60.4 Å². The van der Waals surface area contributed by atoms with Crippen molar-refractivity contribution >= 4 is 32.6 Å². The number of carbonyl (C=O) groups is 2. The Bertz CT molecular complexity index is 1120. The van der Waals surface area contributed by atoms with Gasteiger partial charge in [-0.15, -0.1) is 0 Å². The molecule has 0 N–H and O–H groups in total. The van der Waals surface area contributed by atoms with E-state index in [2.05, 4.69) is 4.98 Å². The average Bonchev–Trinajstić information content (AvgIpc) is 3.41. The maximum absolute atomic E-state index is 13.1. The molecule has 0 radical (unpaired) electrons. The summed E-state index contributed by atoms with van der Waals surface area (Å²) in [6.07, 6.45) is 4.22. The SMILES string of the molecule is CC(C)c1cc(C(=O)OCC(=O)N(C2CCCC2)C2CCS(=O)(=O)C2)c2ccccc2n1. The minimum absolute atomic E-state index is 0.00404. The van der Waals surface area contributed by atoms with Crippen LogP contribution in [0, 0.1) is 0 Å². The number of amides is 1. The molecule has 4 rings (SSSR count). The standard InChI is InChI=1S/C24H30N2O5S/c1-16(2)22-13-20(19-9-5-6-10-21(19)25-22)24(28)31-14-23(27)26(17-7-3-4-8-17)18-11-12-32(29,30)15-18/h5-6,9-10,13,16-18H,3-4,7-8,11-12,14-15H2,1-2H3. The minimum atomic E-state index is -3.12. The van der Waals surface area contributed by atoms with Gasteiger partial charge >= 0.3 is 5.97 Å². The fourth-order valence-corrected chi connectivity index (χ4v) is 6.53. The van der Waals surface area contributed by atoms with E-state index in [1.165, 1.54) is 0 Å². The molecule has 1 saturated carbocycles. The van der Waals surface area contributed by atoms with Gasteiger partial charge in [-0.05, 0) is 37.3 Å². The molecule has 0 bridgehead atoms. The van der Waals surface area contributed by atoms with E-state index in [0.29, 0.717) is 22.9 Å². The smallest absolute Gasteiger partial charge is 0.339 e. The summed E-state index contributed by atoms with van der Waals surface area (Å²) in [6, 6.07) is 8.80. The van der Waals surface area contributed by atoms with E-state index in [-0.39, 0.29) is 42.0 Å². The molecule has 1 aromatic carbocycles. The fraction of sp³-hybridized carbons (Fsp3) is 0.542. The second-order valence-corrected chi connectivity index (χ2v) is 11.4. The highest BCUT2D eigenvalue weighted by Crippen LogP contribution is 2.29. The molecular formula is C24H30N2O5S. The van der Waals surface area contributed by atoms with Crippen LogP contribution in [0.15, 0.2) is 30.3 Å². The van der Waals surface area contributed by atoms with Gasteiger partial charge in [-0.25, -0.2) is 13.2 Å². The monoisotopic (exact) mass is 458 g/mol. The van der Waals surface area contributed by atoms with E-state index in [1.807, 2.05) is 38.1 Å². The predicted molar refractivity (Wildman–Crippen MR) is 122 cm³/mol. The van der Waals surface area contributed by atoms with Crippen molar-refractivity contribution in [2.45, 2.75) is 64.0 Å². The Morgan fingerprint density at radius 3 is 2.50 bits per heavy atom. The number of hydrogen-bond acceptors (Lipinski definition) is 6. The van der Waals surface area contributed by atoms with Crippen LogP contribution in [0.25, 0.3) is 10.9 Å². The molecule has 1 aliphatic heterocycles. The zero-order valence-corrected chi connectivity index (χ0v) is 19.4. The predicted octanol–water partition coefficient (Wildman–Crippen LogP) is 3.47. The third kappa shape index (κ3) is 4.80. The van der Waals surface area contributed by atoms with Crippen LogP contribution in [0.4, 0.5) is 0 Å². The maximum Gasteiger partial charge on any atom is 0.339 e.